The molecule has 0 radical (unpaired) electrons. The molecule has 0 unspecified atom stereocenters. The lowest BCUT2D eigenvalue weighted by Crippen LogP contribution is -2.14. The number of amides is 1. The number of rotatable bonds is 3. The van der Waals surface area contributed by atoms with Gasteiger partial charge in [0.25, 0.3) is 5.91 Å². The van der Waals surface area contributed by atoms with Crippen molar-refractivity contribution in [1.29, 1.82) is 0 Å². The number of aryl methyl sites for hydroxylation is 1. The molecule has 1 N–H and O–H groups in total. The fourth-order valence-electron chi connectivity index (χ4n) is 1.89. The highest BCUT2D eigenvalue weighted by Crippen LogP contribution is 2.21. The summed E-state index contributed by atoms with van der Waals surface area (Å²) in [5, 5.41) is 3.12. The van der Waals surface area contributed by atoms with Gasteiger partial charge in [-0.3, -0.25) is 9.59 Å². The summed E-state index contributed by atoms with van der Waals surface area (Å²) in [5.41, 5.74) is 2.33. The van der Waals surface area contributed by atoms with Gasteiger partial charge in [0.05, 0.1) is 16.3 Å². The van der Waals surface area contributed by atoms with Crippen LogP contribution in [0.25, 0.3) is 0 Å². The van der Waals surface area contributed by atoms with Crippen LogP contribution >= 0.6 is 11.6 Å². The topological polar surface area (TPSA) is 46.2 Å². The van der Waals surface area contributed by atoms with Crippen LogP contribution in [0.5, 0.6) is 0 Å². The summed E-state index contributed by atoms with van der Waals surface area (Å²) in [7, 11) is 0. The van der Waals surface area contributed by atoms with E-state index in [0.29, 0.717) is 21.8 Å². The van der Waals surface area contributed by atoms with Crippen LogP contribution in [0.3, 0.4) is 0 Å². The van der Waals surface area contributed by atoms with E-state index in [1.807, 2.05) is 13.0 Å². The zero-order valence-corrected chi connectivity index (χ0v) is 12.0. The van der Waals surface area contributed by atoms with Crippen LogP contribution in [0.1, 0.15) is 33.2 Å². The first kappa shape index (κ1) is 14.3. The Morgan fingerprint density at radius 1 is 1.05 bits per heavy atom. The highest BCUT2D eigenvalue weighted by atomic mass is 35.5. The maximum absolute atomic E-state index is 12.2. The van der Waals surface area contributed by atoms with Gasteiger partial charge in [0.2, 0.25) is 0 Å². The Balaban J connectivity index is 2.30. The first-order chi connectivity index (χ1) is 9.49. The number of anilines is 1. The van der Waals surface area contributed by atoms with Crippen molar-refractivity contribution >= 4 is 29.0 Å². The van der Waals surface area contributed by atoms with Crippen LogP contribution in [0.4, 0.5) is 5.69 Å². The number of benzene rings is 2. The molecule has 2 aromatic rings. The number of nitrogens with one attached hydrogen (secondary N) is 1. The standard InChI is InChI=1S/C16H14ClNO2/c1-10-7-8-13(14(17)9-10)16(20)18-15-6-4-3-5-12(15)11(2)19/h3-9H,1-2H3,(H,18,20). The second-order valence-corrected chi connectivity index (χ2v) is 4.95. The maximum atomic E-state index is 12.2. The fraction of sp³-hybridized carbons (Fsp3) is 0.125. The molecule has 102 valence electrons. The van der Waals surface area contributed by atoms with E-state index >= 15 is 0 Å². The Bertz CT molecular complexity index is 680. The van der Waals surface area contributed by atoms with Crippen molar-refractivity contribution < 1.29 is 9.59 Å². The first-order valence-corrected chi connectivity index (χ1v) is 6.54. The lowest BCUT2D eigenvalue weighted by atomic mass is 10.1. The summed E-state index contributed by atoms with van der Waals surface area (Å²) >= 11 is 6.07. The second kappa shape index (κ2) is 5.88. The highest BCUT2D eigenvalue weighted by molar-refractivity contribution is 6.34. The van der Waals surface area contributed by atoms with Gasteiger partial charge in [0, 0.05) is 5.56 Å². The normalized spacial score (nSPS) is 10.2. The van der Waals surface area contributed by atoms with Gasteiger partial charge in [-0.05, 0) is 43.7 Å². The minimum absolute atomic E-state index is 0.101. The smallest absolute Gasteiger partial charge is 0.257 e. The van der Waals surface area contributed by atoms with Crippen molar-refractivity contribution in [2.24, 2.45) is 0 Å². The number of para-hydroxylation sites is 1. The summed E-state index contributed by atoms with van der Waals surface area (Å²) in [4.78, 5) is 23.7. The zero-order chi connectivity index (χ0) is 14.7. The van der Waals surface area contributed by atoms with Crippen molar-refractivity contribution in [1.82, 2.24) is 0 Å². The third kappa shape index (κ3) is 3.06. The molecular weight excluding hydrogens is 274 g/mol. The summed E-state index contributed by atoms with van der Waals surface area (Å²) in [6.45, 7) is 3.36. The molecule has 20 heavy (non-hydrogen) atoms. The molecule has 0 atom stereocenters. The molecule has 0 bridgehead atoms. The molecule has 0 spiro atoms. The quantitative estimate of drug-likeness (QED) is 0.864. The van der Waals surface area contributed by atoms with Crippen molar-refractivity contribution in [3.05, 3.63) is 64.2 Å². The number of hydrogen-bond acceptors (Lipinski definition) is 2. The van der Waals surface area contributed by atoms with Gasteiger partial charge >= 0.3 is 0 Å². The van der Waals surface area contributed by atoms with Crippen LogP contribution in [0, 0.1) is 6.92 Å². The van der Waals surface area contributed by atoms with Crippen LogP contribution in [0.15, 0.2) is 42.5 Å². The number of ketones is 1. The number of carbonyl (C=O) groups excluding carboxylic acids is 2. The minimum Gasteiger partial charge on any atom is -0.321 e. The molecule has 0 heterocycles. The number of hydrogen-bond donors (Lipinski definition) is 1. The second-order valence-electron chi connectivity index (χ2n) is 4.54. The van der Waals surface area contributed by atoms with E-state index < -0.39 is 0 Å². The largest absolute Gasteiger partial charge is 0.321 e. The van der Waals surface area contributed by atoms with Crippen LogP contribution in [-0.4, -0.2) is 11.7 Å². The molecule has 0 aliphatic rings. The van der Waals surface area contributed by atoms with Crippen molar-refractivity contribution in [3.63, 3.8) is 0 Å². The highest BCUT2D eigenvalue weighted by Gasteiger charge is 2.13. The van der Waals surface area contributed by atoms with E-state index in [9.17, 15) is 9.59 Å². The number of halogens is 1. The molecule has 4 heteroatoms. The molecule has 1 amide bonds. The molecular formula is C16H14ClNO2. The van der Waals surface area contributed by atoms with Gasteiger partial charge in [0.15, 0.2) is 5.78 Å². The molecule has 0 saturated heterocycles. The summed E-state index contributed by atoms with van der Waals surface area (Å²) in [6.07, 6.45) is 0. The molecule has 2 rings (SSSR count). The average Bonchev–Trinajstić information content (AvgIpc) is 2.38. The molecule has 0 saturated carbocycles. The lowest BCUT2D eigenvalue weighted by molar-refractivity contribution is 0.101. The Kier molecular flexibility index (Phi) is 4.20. The molecule has 0 aliphatic heterocycles. The van der Waals surface area contributed by atoms with E-state index in [4.69, 9.17) is 11.6 Å². The molecule has 0 fully saturated rings. The van der Waals surface area contributed by atoms with E-state index in [-0.39, 0.29) is 11.7 Å². The third-order valence-corrected chi connectivity index (χ3v) is 3.24. The SMILES string of the molecule is CC(=O)c1ccccc1NC(=O)c1ccc(C)cc1Cl. The Hall–Kier alpha value is -2.13. The Labute approximate surface area is 122 Å². The summed E-state index contributed by atoms with van der Waals surface area (Å²) in [5.74, 6) is -0.431. The Morgan fingerprint density at radius 3 is 2.40 bits per heavy atom. The van der Waals surface area contributed by atoms with Crippen molar-refractivity contribution in [2.75, 3.05) is 5.32 Å². The first-order valence-electron chi connectivity index (χ1n) is 6.16. The van der Waals surface area contributed by atoms with Gasteiger partial charge in [-0.25, -0.2) is 0 Å². The van der Waals surface area contributed by atoms with E-state index in [1.54, 1.807) is 36.4 Å². The van der Waals surface area contributed by atoms with Crippen LogP contribution < -0.4 is 5.32 Å². The van der Waals surface area contributed by atoms with Crippen LogP contribution in [-0.2, 0) is 0 Å². The van der Waals surface area contributed by atoms with Gasteiger partial charge in [0.1, 0.15) is 0 Å². The molecule has 3 nitrogen and oxygen atoms in total. The predicted molar refractivity (Wildman–Crippen MR) is 80.6 cm³/mol. The summed E-state index contributed by atoms with van der Waals surface area (Å²) < 4.78 is 0. The Morgan fingerprint density at radius 2 is 1.75 bits per heavy atom. The van der Waals surface area contributed by atoms with Gasteiger partial charge < -0.3 is 5.32 Å². The van der Waals surface area contributed by atoms with Crippen molar-refractivity contribution in [2.45, 2.75) is 13.8 Å². The lowest BCUT2D eigenvalue weighted by Gasteiger charge is -2.10. The zero-order valence-electron chi connectivity index (χ0n) is 11.2. The van der Waals surface area contributed by atoms with Gasteiger partial charge in [-0.15, -0.1) is 0 Å². The maximum Gasteiger partial charge on any atom is 0.257 e. The third-order valence-electron chi connectivity index (χ3n) is 2.92. The van der Waals surface area contributed by atoms with Crippen LogP contribution in [0.2, 0.25) is 5.02 Å². The number of Topliss-reactive ketones (excluding diaryl/α,β-unsaturated/α-hetero) is 1. The fourth-order valence-corrected chi connectivity index (χ4v) is 2.21. The van der Waals surface area contributed by atoms with Crippen molar-refractivity contribution in [3.8, 4) is 0 Å². The van der Waals surface area contributed by atoms with E-state index in [1.165, 1.54) is 6.92 Å². The summed E-state index contributed by atoms with van der Waals surface area (Å²) in [6, 6.07) is 12.1. The molecule has 2 aromatic carbocycles. The minimum atomic E-state index is -0.330. The van der Waals surface area contributed by atoms with Gasteiger partial charge in [-0.2, -0.15) is 0 Å². The van der Waals surface area contributed by atoms with E-state index in [2.05, 4.69) is 5.32 Å². The monoisotopic (exact) mass is 287 g/mol. The molecule has 0 aromatic heterocycles. The average molecular weight is 288 g/mol. The predicted octanol–water partition coefficient (Wildman–Crippen LogP) is 4.10. The molecule has 0 aliphatic carbocycles. The van der Waals surface area contributed by atoms with Gasteiger partial charge in [-0.1, -0.05) is 29.8 Å². The van der Waals surface area contributed by atoms with E-state index in [0.717, 1.165) is 5.56 Å². The number of carbonyl (C=O) groups is 2.